The van der Waals surface area contributed by atoms with E-state index in [0.29, 0.717) is 5.69 Å². The van der Waals surface area contributed by atoms with E-state index in [9.17, 15) is 19.4 Å². The summed E-state index contributed by atoms with van der Waals surface area (Å²) in [4.78, 5) is 11.8. The Morgan fingerprint density at radius 1 is 1.45 bits per heavy atom. The van der Waals surface area contributed by atoms with Crippen LogP contribution in [0.5, 0.6) is 5.75 Å². The van der Waals surface area contributed by atoms with E-state index in [1.165, 1.54) is 22.9 Å². The van der Waals surface area contributed by atoms with E-state index in [-0.39, 0.29) is 30.2 Å². The molecular weight excluding hydrogens is 291 g/mol. The number of phenols is 1. The number of carbonyl (C=O) groups is 1. The lowest BCUT2D eigenvalue weighted by atomic mass is 10.2. The van der Waals surface area contributed by atoms with Crippen molar-refractivity contribution in [3.05, 3.63) is 41.5 Å². The third-order valence-corrected chi connectivity index (χ3v) is 2.94. The monoisotopic (exact) mass is 308 g/mol. The van der Waals surface area contributed by atoms with Gasteiger partial charge < -0.3 is 14.9 Å². The first kappa shape index (κ1) is 16.0. The lowest BCUT2D eigenvalue weighted by Gasteiger charge is -2.10. The molecule has 1 aromatic heterocycles. The molecule has 22 heavy (non-hydrogen) atoms. The van der Waals surface area contributed by atoms with Crippen molar-refractivity contribution in [2.24, 2.45) is 0 Å². The lowest BCUT2D eigenvalue weighted by Crippen LogP contribution is -2.10. The number of phenolic OH excluding ortho intramolecular Hbond substituents is 1. The van der Waals surface area contributed by atoms with Crippen molar-refractivity contribution >= 4 is 5.97 Å². The Labute approximate surface area is 126 Å². The van der Waals surface area contributed by atoms with Gasteiger partial charge in [0.25, 0.3) is 0 Å². The molecule has 0 radical (unpaired) electrons. The van der Waals surface area contributed by atoms with Gasteiger partial charge in [-0.15, -0.1) is 0 Å². The number of aliphatic hydroxyl groups is 1. The molecule has 2 aromatic rings. The molecule has 0 aliphatic rings. The van der Waals surface area contributed by atoms with Gasteiger partial charge in [0.05, 0.1) is 12.7 Å². The van der Waals surface area contributed by atoms with E-state index < -0.39 is 17.9 Å². The van der Waals surface area contributed by atoms with Gasteiger partial charge in [-0.05, 0) is 32.0 Å². The molecule has 6 nitrogen and oxygen atoms in total. The highest BCUT2D eigenvalue weighted by Gasteiger charge is 2.19. The predicted octanol–water partition coefficient (Wildman–Crippen LogP) is 1.82. The fourth-order valence-electron chi connectivity index (χ4n) is 2.06. The number of aliphatic hydroxyl groups excluding tert-OH is 1. The highest BCUT2D eigenvalue weighted by Crippen LogP contribution is 2.24. The van der Waals surface area contributed by atoms with Crippen LogP contribution in [0.4, 0.5) is 4.39 Å². The molecule has 0 bridgehead atoms. The van der Waals surface area contributed by atoms with Crippen molar-refractivity contribution in [3.8, 4) is 11.4 Å². The van der Waals surface area contributed by atoms with Crippen LogP contribution in [0.2, 0.25) is 0 Å². The first-order valence-electron chi connectivity index (χ1n) is 6.85. The quantitative estimate of drug-likeness (QED) is 0.823. The summed E-state index contributed by atoms with van der Waals surface area (Å²) in [5, 5.41) is 23.5. The number of benzene rings is 1. The summed E-state index contributed by atoms with van der Waals surface area (Å²) >= 11 is 0. The minimum absolute atomic E-state index is 0.0567. The highest BCUT2D eigenvalue weighted by molar-refractivity contribution is 5.87. The molecule has 2 rings (SSSR count). The summed E-state index contributed by atoms with van der Waals surface area (Å²) in [6.07, 6.45) is -0.462. The van der Waals surface area contributed by atoms with Crippen LogP contribution >= 0.6 is 0 Å². The second-order valence-electron chi connectivity index (χ2n) is 4.84. The van der Waals surface area contributed by atoms with Crippen LogP contribution in [-0.4, -0.2) is 38.7 Å². The van der Waals surface area contributed by atoms with E-state index in [1.807, 2.05) is 0 Å². The Morgan fingerprint density at radius 2 is 2.18 bits per heavy atom. The van der Waals surface area contributed by atoms with Crippen molar-refractivity contribution in [1.82, 2.24) is 9.78 Å². The number of aromatic hydroxyl groups is 1. The van der Waals surface area contributed by atoms with E-state index >= 15 is 0 Å². The van der Waals surface area contributed by atoms with Crippen molar-refractivity contribution in [1.29, 1.82) is 0 Å². The normalized spacial score (nSPS) is 12.2. The molecule has 7 heteroatoms. The maximum Gasteiger partial charge on any atom is 0.358 e. The molecule has 0 fully saturated rings. The third-order valence-electron chi connectivity index (χ3n) is 2.94. The largest absolute Gasteiger partial charge is 0.506 e. The van der Waals surface area contributed by atoms with Crippen LogP contribution in [0, 0.1) is 5.82 Å². The van der Waals surface area contributed by atoms with E-state index in [0.717, 1.165) is 6.07 Å². The molecule has 0 aliphatic carbocycles. The van der Waals surface area contributed by atoms with E-state index in [4.69, 9.17) is 4.74 Å². The number of esters is 1. The summed E-state index contributed by atoms with van der Waals surface area (Å²) in [6, 6.07) is 4.95. The molecule has 1 aromatic carbocycles. The van der Waals surface area contributed by atoms with Crippen LogP contribution < -0.4 is 0 Å². The maximum absolute atomic E-state index is 13.1. The molecule has 0 amide bonds. The second-order valence-corrected chi connectivity index (χ2v) is 4.84. The van der Waals surface area contributed by atoms with Crippen LogP contribution in [-0.2, 0) is 11.2 Å². The lowest BCUT2D eigenvalue weighted by molar-refractivity contribution is 0.0519. The Morgan fingerprint density at radius 3 is 2.77 bits per heavy atom. The summed E-state index contributed by atoms with van der Waals surface area (Å²) in [5.74, 6) is -1.50. The fourth-order valence-corrected chi connectivity index (χ4v) is 2.06. The smallest absolute Gasteiger partial charge is 0.358 e. The number of carbonyl (C=O) groups excluding carboxylic acids is 1. The number of hydrogen-bond donors (Lipinski definition) is 2. The van der Waals surface area contributed by atoms with Gasteiger partial charge in [0.2, 0.25) is 0 Å². The number of ether oxygens (including phenoxy) is 1. The summed E-state index contributed by atoms with van der Waals surface area (Å²) in [7, 11) is 0. The average Bonchev–Trinajstić information content (AvgIpc) is 2.82. The number of hydrogen-bond acceptors (Lipinski definition) is 5. The van der Waals surface area contributed by atoms with Crippen molar-refractivity contribution < 1.29 is 24.1 Å². The standard InChI is InChI=1S/C15H17FN2O4/c1-3-22-15(21)12-8-11(6-9(2)19)18(17-12)13-5-4-10(16)7-14(13)20/h4-5,7-9,19-20H,3,6H2,1-2H3. The maximum atomic E-state index is 13.1. The number of rotatable bonds is 5. The molecule has 1 unspecified atom stereocenters. The zero-order valence-corrected chi connectivity index (χ0v) is 12.3. The van der Waals surface area contributed by atoms with Gasteiger partial charge >= 0.3 is 5.97 Å². The molecule has 0 saturated heterocycles. The van der Waals surface area contributed by atoms with Gasteiger partial charge in [-0.3, -0.25) is 0 Å². The number of aromatic nitrogens is 2. The molecule has 1 heterocycles. The molecule has 2 N–H and O–H groups in total. The SMILES string of the molecule is CCOC(=O)c1cc(CC(C)O)n(-c2ccc(F)cc2O)n1. The van der Waals surface area contributed by atoms with Gasteiger partial charge in [-0.1, -0.05) is 0 Å². The summed E-state index contributed by atoms with van der Waals surface area (Å²) in [5.41, 5.74) is 0.772. The van der Waals surface area contributed by atoms with E-state index in [2.05, 4.69) is 5.10 Å². The molecule has 1 atom stereocenters. The molecule has 0 saturated carbocycles. The zero-order chi connectivity index (χ0) is 16.3. The topological polar surface area (TPSA) is 84.6 Å². The van der Waals surface area contributed by atoms with Crippen LogP contribution in [0.1, 0.15) is 30.0 Å². The van der Waals surface area contributed by atoms with Gasteiger partial charge in [0.15, 0.2) is 5.69 Å². The Bertz CT molecular complexity index is 682. The number of nitrogens with zero attached hydrogens (tertiary/aromatic N) is 2. The minimum atomic E-state index is -0.673. The van der Waals surface area contributed by atoms with Gasteiger partial charge in [0.1, 0.15) is 17.3 Å². The fraction of sp³-hybridized carbons (Fsp3) is 0.333. The molecule has 0 aliphatic heterocycles. The average molecular weight is 308 g/mol. The zero-order valence-electron chi connectivity index (χ0n) is 12.3. The first-order chi connectivity index (χ1) is 10.4. The molecular formula is C15H17FN2O4. The van der Waals surface area contributed by atoms with Gasteiger partial charge in [-0.2, -0.15) is 5.10 Å². The van der Waals surface area contributed by atoms with Crippen molar-refractivity contribution in [2.45, 2.75) is 26.4 Å². The molecule has 0 spiro atoms. The van der Waals surface area contributed by atoms with Crippen LogP contribution in [0.25, 0.3) is 5.69 Å². The Balaban J connectivity index is 2.49. The first-order valence-corrected chi connectivity index (χ1v) is 6.85. The van der Waals surface area contributed by atoms with E-state index in [1.54, 1.807) is 13.8 Å². The summed E-state index contributed by atoms with van der Waals surface area (Å²) < 4.78 is 19.3. The van der Waals surface area contributed by atoms with Crippen molar-refractivity contribution in [2.75, 3.05) is 6.61 Å². The third kappa shape index (κ3) is 3.43. The van der Waals surface area contributed by atoms with Gasteiger partial charge in [0, 0.05) is 18.2 Å². The molecule has 118 valence electrons. The predicted molar refractivity (Wildman–Crippen MR) is 76.5 cm³/mol. The van der Waals surface area contributed by atoms with Gasteiger partial charge in [-0.25, -0.2) is 13.9 Å². The van der Waals surface area contributed by atoms with Crippen molar-refractivity contribution in [3.63, 3.8) is 0 Å². The van der Waals surface area contributed by atoms with Crippen LogP contribution in [0.15, 0.2) is 24.3 Å². The Kier molecular flexibility index (Phi) is 4.77. The minimum Gasteiger partial charge on any atom is -0.506 e. The summed E-state index contributed by atoms with van der Waals surface area (Å²) in [6.45, 7) is 3.47. The highest BCUT2D eigenvalue weighted by atomic mass is 19.1. The Hall–Kier alpha value is -2.41. The second kappa shape index (κ2) is 6.57. The van der Waals surface area contributed by atoms with Crippen LogP contribution in [0.3, 0.4) is 0 Å². The number of halogens is 1.